The molecule has 6 heteroatoms. The smallest absolute Gasteiger partial charge is 0.550 e. The molecular weight excluding hydrogens is 371 g/mol. The fraction of sp³-hybridized carbons (Fsp3) is 0.0714. The summed E-state index contributed by atoms with van der Waals surface area (Å²) < 4.78 is 0. The van der Waals surface area contributed by atoms with E-state index in [0.29, 0.717) is 27.0 Å². The van der Waals surface area contributed by atoms with E-state index in [1.807, 2.05) is 0 Å². The third-order valence-electron chi connectivity index (χ3n) is 2.57. The van der Waals surface area contributed by atoms with Gasteiger partial charge in [-0.25, -0.2) is 0 Å². The maximum Gasteiger partial charge on any atom is 1.00 e. The van der Waals surface area contributed by atoms with Crippen molar-refractivity contribution in [3.8, 4) is 0 Å². The van der Waals surface area contributed by atoms with Crippen LogP contribution in [0.5, 0.6) is 0 Å². The van der Waals surface area contributed by atoms with Crippen LogP contribution in [0.4, 0.5) is 11.4 Å². The Labute approximate surface area is 176 Å². The molecule has 0 heterocycles. The van der Waals surface area contributed by atoms with Crippen molar-refractivity contribution >= 4 is 40.5 Å². The quantitative estimate of drug-likeness (QED) is 0.814. The number of carboxylic acids is 1. The van der Waals surface area contributed by atoms with Crippen LogP contribution in [0.2, 0.25) is 10.0 Å². The predicted molar refractivity (Wildman–Crippen MR) is 74.9 cm³/mol. The van der Waals surface area contributed by atoms with Crippen molar-refractivity contribution in [3.05, 3.63) is 58.1 Å². The summed E-state index contributed by atoms with van der Waals surface area (Å²) in [7, 11) is 0. The minimum absolute atomic E-state index is 0. The first kappa shape index (κ1) is 18.1. The molecule has 0 fully saturated rings. The van der Waals surface area contributed by atoms with Crippen LogP contribution >= 0.6 is 23.2 Å². The summed E-state index contributed by atoms with van der Waals surface area (Å²) in [6.45, 7) is 0. The second-order valence-electron chi connectivity index (χ2n) is 3.93. The summed E-state index contributed by atoms with van der Waals surface area (Å²) in [5.41, 5.74) is 1.80. The molecule has 0 spiro atoms. The molecule has 3 nitrogen and oxygen atoms in total. The zero-order chi connectivity index (χ0) is 13.8. The van der Waals surface area contributed by atoms with Crippen LogP contribution < -0.4 is 68.6 Å². The maximum atomic E-state index is 10.7. The van der Waals surface area contributed by atoms with E-state index in [1.165, 1.54) is 0 Å². The zero-order valence-electron chi connectivity index (χ0n) is 10.8. The summed E-state index contributed by atoms with van der Waals surface area (Å²) in [4.78, 5) is 10.7. The van der Waals surface area contributed by atoms with Gasteiger partial charge in [0.15, 0.2) is 0 Å². The van der Waals surface area contributed by atoms with E-state index in [0.717, 1.165) is 0 Å². The number of aliphatic carboxylic acids is 1. The molecule has 0 bridgehead atoms. The molecule has 0 aliphatic carbocycles. The average Bonchev–Trinajstić information content (AvgIpc) is 2.35. The van der Waals surface area contributed by atoms with Gasteiger partial charge in [0.2, 0.25) is 0 Å². The number of hydrogen-bond donors (Lipinski definition) is 1. The third kappa shape index (κ3) is 4.83. The summed E-state index contributed by atoms with van der Waals surface area (Å²) in [5.74, 6) is -1.14. The van der Waals surface area contributed by atoms with Gasteiger partial charge in [-0.2, -0.15) is 0 Å². The monoisotopic (exact) mass is 379 g/mol. The number of carboxylic acid groups (broad SMARTS) is 1. The normalized spacial score (nSPS) is 9.70. The molecule has 1 N–H and O–H groups in total. The maximum absolute atomic E-state index is 10.7. The third-order valence-corrected chi connectivity index (χ3v) is 3.20. The summed E-state index contributed by atoms with van der Waals surface area (Å²) in [6.07, 6.45) is -0.175. The van der Waals surface area contributed by atoms with Crippen LogP contribution in [-0.4, -0.2) is 5.97 Å². The first-order valence-electron chi connectivity index (χ1n) is 5.56. The fourth-order valence-electron chi connectivity index (χ4n) is 1.70. The van der Waals surface area contributed by atoms with Crippen molar-refractivity contribution in [2.45, 2.75) is 6.42 Å². The van der Waals surface area contributed by atoms with E-state index in [-0.39, 0.29) is 64.6 Å². The van der Waals surface area contributed by atoms with Gasteiger partial charge in [-0.3, -0.25) is 0 Å². The van der Waals surface area contributed by atoms with Crippen LogP contribution in [0, 0.1) is 0 Å². The van der Waals surface area contributed by atoms with Gasteiger partial charge in [-0.05, 0) is 23.8 Å². The Kier molecular flexibility index (Phi) is 7.73. The van der Waals surface area contributed by atoms with E-state index in [2.05, 4.69) is 5.32 Å². The first-order valence-corrected chi connectivity index (χ1v) is 6.32. The Morgan fingerprint density at radius 1 is 1.05 bits per heavy atom. The van der Waals surface area contributed by atoms with Crippen LogP contribution in [0.25, 0.3) is 0 Å². The van der Waals surface area contributed by atoms with Crippen LogP contribution in [-0.2, 0) is 11.2 Å². The van der Waals surface area contributed by atoms with Gasteiger partial charge in [0.05, 0.1) is 15.7 Å². The molecule has 20 heavy (non-hydrogen) atoms. The number of nitrogens with one attached hydrogen (secondary N) is 1. The van der Waals surface area contributed by atoms with Crippen molar-refractivity contribution < 1.29 is 68.1 Å². The van der Waals surface area contributed by atoms with E-state index in [4.69, 9.17) is 23.2 Å². The van der Waals surface area contributed by atoms with Crippen molar-refractivity contribution in [2.75, 3.05) is 5.32 Å². The minimum Gasteiger partial charge on any atom is -0.550 e. The fourth-order valence-corrected chi connectivity index (χ4v) is 2.20. The van der Waals surface area contributed by atoms with Crippen LogP contribution in [0.1, 0.15) is 5.56 Å². The summed E-state index contributed by atoms with van der Waals surface area (Å²) >= 11 is 12.1. The second-order valence-corrected chi connectivity index (χ2v) is 4.74. The number of carbonyl (C=O) groups excluding carboxylic acids is 1. The predicted octanol–water partition coefficient (Wildman–Crippen LogP) is 0.0334. The molecule has 0 amide bonds. The number of anilines is 2. The number of carbonyl (C=O) groups is 1. The Morgan fingerprint density at radius 2 is 1.65 bits per heavy atom. The SMILES string of the molecule is O=C([O-])Cc1ccccc1Nc1c(Cl)cccc1Cl.[Rb+]. The van der Waals surface area contributed by atoms with E-state index in [9.17, 15) is 9.90 Å². The molecule has 0 unspecified atom stereocenters. The first-order chi connectivity index (χ1) is 9.08. The molecule has 0 radical (unpaired) electrons. The van der Waals surface area contributed by atoms with E-state index < -0.39 is 5.97 Å². The number of hydrogen-bond acceptors (Lipinski definition) is 3. The summed E-state index contributed by atoms with van der Waals surface area (Å²) in [5, 5.41) is 14.7. The summed E-state index contributed by atoms with van der Waals surface area (Å²) in [6, 6.07) is 12.2. The van der Waals surface area contributed by atoms with Crippen LogP contribution in [0.3, 0.4) is 0 Å². The van der Waals surface area contributed by atoms with Gasteiger partial charge in [-0.1, -0.05) is 47.5 Å². The van der Waals surface area contributed by atoms with Crippen molar-refractivity contribution in [1.29, 1.82) is 0 Å². The van der Waals surface area contributed by atoms with Gasteiger partial charge >= 0.3 is 58.2 Å². The Bertz CT molecular complexity index is 600. The van der Waals surface area contributed by atoms with Crippen LogP contribution in [0.15, 0.2) is 42.5 Å². The van der Waals surface area contributed by atoms with E-state index >= 15 is 0 Å². The number of benzene rings is 2. The van der Waals surface area contributed by atoms with Crippen molar-refractivity contribution in [2.24, 2.45) is 0 Å². The van der Waals surface area contributed by atoms with Gasteiger partial charge in [0.25, 0.3) is 0 Å². The van der Waals surface area contributed by atoms with Gasteiger partial charge in [0.1, 0.15) is 0 Å². The van der Waals surface area contributed by atoms with Crippen molar-refractivity contribution in [1.82, 2.24) is 0 Å². The number of halogens is 2. The largest absolute Gasteiger partial charge is 1.00 e. The number of para-hydroxylation sites is 2. The minimum atomic E-state index is -1.14. The molecular formula is C14H10Cl2NO2Rb. The number of rotatable bonds is 4. The van der Waals surface area contributed by atoms with E-state index in [1.54, 1.807) is 42.5 Å². The Hall–Kier alpha value is 0.0952. The Morgan fingerprint density at radius 3 is 2.25 bits per heavy atom. The average molecular weight is 381 g/mol. The molecule has 2 aromatic carbocycles. The molecule has 0 aliphatic rings. The molecule has 0 saturated heterocycles. The molecule has 0 saturated carbocycles. The zero-order valence-corrected chi connectivity index (χ0v) is 17.2. The van der Waals surface area contributed by atoms with Gasteiger partial charge < -0.3 is 15.2 Å². The topological polar surface area (TPSA) is 52.2 Å². The molecule has 2 aromatic rings. The van der Waals surface area contributed by atoms with Crippen molar-refractivity contribution in [3.63, 3.8) is 0 Å². The molecule has 2 rings (SSSR count). The molecule has 0 aromatic heterocycles. The standard InChI is InChI=1S/C14H11Cl2NO2.Rb/c15-10-5-3-6-11(16)14(10)17-12-7-2-1-4-9(12)8-13(18)19;/h1-7,17H,8H2,(H,18,19);/q;+1/p-1. The second kappa shape index (κ2) is 8.52. The molecule has 0 atom stereocenters. The molecule has 98 valence electrons. The van der Waals surface area contributed by atoms with Gasteiger partial charge in [0, 0.05) is 18.1 Å². The van der Waals surface area contributed by atoms with Gasteiger partial charge in [-0.15, -0.1) is 0 Å². The Balaban J connectivity index is 0.00000200. The molecule has 0 aliphatic heterocycles.